The number of fused-ring (bicyclic) bond motifs is 1. The van der Waals surface area contributed by atoms with E-state index in [1.54, 1.807) is 11.3 Å². The third-order valence-corrected chi connectivity index (χ3v) is 6.30. The minimum Gasteiger partial charge on any atom is -0.350 e. The lowest BCUT2D eigenvalue weighted by atomic mass is 10.2. The number of carbonyl (C=O) groups is 1. The van der Waals surface area contributed by atoms with Crippen LogP contribution in [0.2, 0.25) is 0 Å². The normalized spacial score (nSPS) is 16.9. The molecule has 0 spiro atoms. The number of nitrogens with one attached hydrogen (secondary N) is 2. The number of aromatic nitrogens is 1. The largest absolute Gasteiger partial charge is 0.350 e. The molecule has 2 N–H and O–H groups in total. The van der Waals surface area contributed by atoms with Crippen molar-refractivity contribution >= 4 is 51.2 Å². The number of thiazole rings is 1. The number of nitrogens with zero attached hydrogens (tertiary/aromatic N) is 1. The van der Waals surface area contributed by atoms with Gasteiger partial charge in [-0.05, 0) is 43.7 Å². The van der Waals surface area contributed by atoms with Crippen LogP contribution >= 0.6 is 35.1 Å². The summed E-state index contributed by atoms with van der Waals surface area (Å²) in [7, 11) is 0. The monoisotopic (exact) mass is 379 g/mol. The van der Waals surface area contributed by atoms with E-state index < -0.39 is 0 Å². The first kappa shape index (κ1) is 17.4. The fourth-order valence-corrected chi connectivity index (χ4v) is 4.73. The number of carbonyl (C=O) groups excluding carboxylic acids is 1. The van der Waals surface area contributed by atoms with Gasteiger partial charge in [0, 0.05) is 12.6 Å². The first-order valence-electron chi connectivity index (χ1n) is 7.77. The highest BCUT2D eigenvalue weighted by Gasteiger charge is 2.17. The van der Waals surface area contributed by atoms with Gasteiger partial charge in [0.25, 0.3) is 5.91 Å². The summed E-state index contributed by atoms with van der Waals surface area (Å²) >= 11 is 3.17. The quantitative estimate of drug-likeness (QED) is 0.722. The fourth-order valence-electron chi connectivity index (χ4n) is 2.79. The van der Waals surface area contributed by atoms with Crippen molar-refractivity contribution in [2.45, 2.75) is 18.9 Å². The summed E-state index contributed by atoms with van der Waals surface area (Å²) in [6, 6.07) is 12.4. The van der Waals surface area contributed by atoms with Crippen molar-refractivity contribution in [1.82, 2.24) is 15.6 Å². The van der Waals surface area contributed by atoms with Crippen LogP contribution in [0.3, 0.4) is 0 Å². The molecule has 1 saturated heterocycles. The number of para-hydroxylation sites is 1. The van der Waals surface area contributed by atoms with Crippen molar-refractivity contribution < 1.29 is 4.79 Å². The minimum atomic E-state index is 0. The molecule has 1 amide bonds. The molecule has 0 saturated carbocycles. The van der Waals surface area contributed by atoms with Crippen LogP contribution in [0.5, 0.6) is 0 Å². The first-order chi connectivity index (χ1) is 11.3. The highest BCUT2D eigenvalue weighted by atomic mass is 35.5. The molecule has 1 atom stereocenters. The topological polar surface area (TPSA) is 54.0 Å². The van der Waals surface area contributed by atoms with Gasteiger partial charge in [-0.25, -0.2) is 4.98 Å². The van der Waals surface area contributed by atoms with Crippen LogP contribution in [-0.2, 0) is 0 Å². The molecule has 0 bridgehead atoms. The van der Waals surface area contributed by atoms with Crippen LogP contribution in [-0.4, -0.2) is 30.0 Å². The highest BCUT2D eigenvalue weighted by molar-refractivity contribution is 7.26. The summed E-state index contributed by atoms with van der Waals surface area (Å²) < 4.78 is 1.18. The Morgan fingerprint density at radius 1 is 1.25 bits per heavy atom. The molecule has 3 aromatic rings. The number of halogens is 1. The maximum atomic E-state index is 12.3. The second kappa shape index (κ2) is 7.61. The van der Waals surface area contributed by atoms with E-state index in [2.05, 4.69) is 21.7 Å². The van der Waals surface area contributed by atoms with Gasteiger partial charge in [0.2, 0.25) is 0 Å². The van der Waals surface area contributed by atoms with Crippen molar-refractivity contribution in [2.24, 2.45) is 0 Å². The molecular formula is C17H18ClN3OS2. The van der Waals surface area contributed by atoms with Gasteiger partial charge >= 0.3 is 0 Å². The molecule has 4 nitrogen and oxygen atoms in total. The smallest absolute Gasteiger partial charge is 0.261 e. The van der Waals surface area contributed by atoms with Gasteiger partial charge in [0.1, 0.15) is 5.01 Å². The molecule has 7 heteroatoms. The highest BCUT2D eigenvalue weighted by Crippen LogP contribution is 2.34. The van der Waals surface area contributed by atoms with E-state index in [0.717, 1.165) is 33.2 Å². The first-order valence-corrected chi connectivity index (χ1v) is 9.40. The summed E-state index contributed by atoms with van der Waals surface area (Å²) in [5.74, 6) is 0.0102. The van der Waals surface area contributed by atoms with Crippen molar-refractivity contribution in [3.63, 3.8) is 0 Å². The predicted octanol–water partition coefficient (Wildman–Crippen LogP) is 3.93. The van der Waals surface area contributed by atoms with Crippen LogP contribution in [0.25, 0.3) is 20.1 Å². The Balaban J connectivity index is 0.00000169. The second-order valence-electron chi connectivity index (χ2n) is 5.65. The number of thiophene rings is 1. The van der Waals surface area contributed by atoms with Crippen molar-refractivity contribution in [1.29, 1.82) is 0 Å². The van der Waals surface area contributed by atoms with E-state index >= 15 is 0 Å². The number of hydrogen-bond acceptors (Lipinski definition) is 5. The van der Waals surface area contributed by atoms with Gasteiger partial charge in [0.15, 0.2) is 0 Å². The Labute approximate surface area is 154 Å². The molecule has 1 fully saturated rings. The predicted molar refractivity (Wildman–Crippen MR) is 104 cm³/mol. The Kier molecular flexibility index (Phi) is 5.50. The molecule has 3 heterocycles. The molecule has 0 radical (unpaired) electrons. The van der Waals surface area contributed by atoms with Gasteiger partial charge in [-0.15, -0.1) is 35.1 Å². The SMILES string of the molecule is Cl.O=C(NCC1CCCN1)c1ccc(-c2nc3ccccc3s2)s1. The molecule has 126 valence electrons. The van der Waals surface area contributed by atoms with Gasteiger partial charge in [-0.2, -0.15) is 0 Å². The minimum absolute atomic E-state index is 0. The third kappa shape index (κ3) is 3.62. The van der Waals surface area contributed by atoms with Crippen LogP contribution in [0.15, 0.2) is 36.4 Å². The molecule has 24 heavy (non-hydrogen) atoms. The molecule has 1 aliphatic heterocycles. The summed E-state index contributed by atoms with van der Waals surface area (Å²) in [6.07, 6.45) is 2.34. The standard InChI is InChI=1S/C17H17N3OS2.ClH/c21-16(19-10-11-4-3-9-18-11)14-7-8-15(22-14)17-20-12-5-1-2-6-13(12)23-17;/h1-2,5-8,11,18H,3-4,9-10H2,(H,19,21);1H. The maximum absolute atomic E-state index is 12.3. The Morgan fingerprint density at radius 3 is 2.92 bits per heavy atom. The van der Waals surface area contributed by atoms with Gasteiger partial charge in [0.05, 0.1) is 20.0 Å². The molecule has 1 aromatic carbocycles. The summed E-state index contributed by atoms with van der Waals surface area (Å²) in [5.41, 5.74) is 1.01. The van der Waals surface area contributed by atoms with Crippen molar-refractivity contribution in [2.75, 3.05) is 13.1 Å². The number of hydrogen-bond donors (Lipinski definition) is 2. The average molecular weight is 380 g/mol. The Bertz CT molecular complexity index is 806. The summed E-state index contributed by atoms with van der Waals surface area (Å²) in [5, 5.41) is 7.39. The van der Waals surface area contributed by atoms with E-state index in [-0.39, 0.29) is 18.3 Å². The van der Waals surface area contributed by atoms with E-state index in [1.807, 2.05) is 30.3 Å². The average Bonchev–Trinajstić information content (AvgIpc) is 3.31. The summed E-state index contributed by atoms with van der Waals surface area (Å²) in [6.45, 7) is 1.76. The Hall–Kier alpha value is -1.47. The lowest BCUT2D eigenvalue weighted by molar-refractivity contribution is 0.0954. The molecule has 1 unspecified atom stereocenters. The zero-order chi connectivity index (χ0) is 15.6. The summed E-state index contributed by atoms with van der Waals surface area (Å²) in [4.78, 5) is 18.7. The van der Waals surface area contributed by atoms with E-state index in [1.165, 1.54) is 22.5 Å². The number of benzene rings is 1. The molecular weight excluding hydrogens is 362 g/mol. The van der Waals surface area contributed by atoms with Crippen molar-refractivity contribution in [3.8, 4) is 9.88 Å². The van der Waals surface area contributed by atoms with Crippen LogP contribution in [0.4, 0.5) is 0 Å². The zero-order valence-corrected chi connectivity index (χ0v) is 15.4. The number of amides is 1. The van der Waals surface area contributed by atoms with Crippen molar-refractivity contribution in [3.05, 3.63) is 41.3 Å². The fraction of sp³-hybridized carbons (Fsp3) is 0.294. The molecule has 4 rings (SSSR count). The number of rotatable bonds is 4. The van der Waals surface area contributed by atoms with Crippen LogP contribution < -0.4 is 10.6 Å². The molecule has 2 aromatic heterocycles. The van der Waals surface area contributed by atoms with Crippen LogP contribution in [0, 0.1) is 0 Å². The zero-order valence-electron chi connectivity index (χ0n) is 13.0. The molecule has 1 aliphatic rings. The van der Waals surface area contributed by atoms with Crippen LogP contribution in [0.1, 0.15) is 22.5 Å². The van der Waals surface area contributed by atoms with E-state index in [0.29, 0.717) is 12.6 Å². The van der Waals surface area contributed by atoms with E-state index in [9.17, 15) is 4.79 Å². The second-order valence-corrected chi connectivity index (χ2v) is 7.77. The van der Waals surface area contributed by atoms with Gasteiger partial charge in [-0.1, -0.05) is 12.1 Å². The van der Waals surface area contributed by atoms with E-state index in [4.69, 9.17) is 0 Å². The molecule has 0 aliphatic carbocycles. The Morgan fingerprint density at radius 2 is 2.12 bits per heavy atom. The third-order valence-electron chi connectivity index (χ3n) is 4.01. The van der Waals surface area contributed by atoms with Gasteiger partial charge in [-0.3, -0.25) is 4.79 Å². The lowest BCUT2D eigenvalue weighted by Gasteiger charge is -2.10. The van der Waals surface area contributed by atoms with Gasteiger partial charge < -0.3 is 10.6 Å². The maximum Gasteiger partial charge on any atom is 0.261 e. The lowest BCUT2D eigenvalue weighted by Crippen LogP contribution is -2.36.